The Morgan fingerprint density at radius 1 is 1.56 bits per heavy atom. The topological polar surface area (TPSA) is 12.4 Å². The predicted molar refractivity (Wildman–Crippen MR) is 40.9 cm³/mol. The average molecular weight is 123 g/mol. The van der Waals surface area contributed by atoms with Crippen molar-refractivity contribution in [3.05, 3.63) is 12.2 Å². The van der Waals surface area contributed by atoms with Crippen LogP contribution in [-0.4, -0.2) is 11.8 Å². The lowest BCUT2D eigenvalue weighted by Crippen LogP contribution is -2.06. The summed E-state index contributed by atoms with van der Waals surface area (Å²) < 4.78 is 0. The summed E-state index contributed by atoms with van der Waals surface area (Å²) in [7, 11) is 0. The summed E-state index contributed by atoms with van der Waals surface area (Å²) in [6.07, 6.45) is 4.25. The van der Waals surface area contributed by atoms with Crippen molar-refractivity contribution >= 4 is 5.71 Å². The second kappa shape index (κ2) is 2.34. The molecule has 1 nitrogen and oxygen atoms in total. The van der Waals surface area contributed by atoms with Crippen LogP contribution in [0.4, 0.5) is 0 Å². The second-order valence-electron chi connectivity index (χ2n) is 2.86. The molecule has 0 aromatic carbocycles. The monoisotopic (exact) mass is 123 g/mol. The predicted octanol–water partition coefficient (Wildman–Crippen LogP) is 2.04. The number of aliphatic imine (C=N–C) groups is 1. The highest BCUT2D eigenvalue weighted by Gasteiger charge is 2.10. The van der Waals surface area contributed by atoms with Crippen molar-refractivity contribution in [2.75, 3.05) is 0 Å². The summed E-state index contributed by atoms with van der Waals surface area (Å²) in [5, 5.41) is 0. The second-order valence-corrected chi connectivity index (χ2v) is 2.86. The van der Waals surface area contributed by atoms with Crippen LogP contribution >= 0.6 is 0 Å². The van der Waals surface area contributed by atoms with Gasteiger partial charge in [0.15, 0.2) is 0 Å². The van der Waals surface area contributed by atoms with E-state index in [1.54, 1.807) is 0 Å². The van der Waals surface area contributed by atoms with Crippen LogP contribution in [0.3, 0.4) is 0 Å². The third kappa shape index (κ3) is 1.41. The highest BCUT2D eigenvalue weighted by Crippen LogP contribution is 2.12. The highest BCUT2D eigenvalue weighted by molar-refractivity contribution is 5.94. The lowest BCUT2D eigenvalue weighted by atomic mass is 10.1. The van der Waals surface area contributed by atoms with E-state index in [-0.39, 0.29) is 0 Å². The number of hydrogen-bond donors (Lipinski definition) is 0. The maximum absolute atomic E-state index is 4.39. The molecule has 0 aromatic heterocycles. The Bertz CT molecular complexity index is 154. The molecule has 1 heterocycles. The molecule has 1 aliphatic heterocycles. The summed E-state index contributed by atoms with van der Waals surface area (Å²) >= 11 is 0. The zero-order valence-corrected chi connectivity index (χ0v) is 6.26. The van der Waals surface area contributed by atoms with Gasteiger partial charge in [0.1, 0.15) is 0 Å². The van der Waals surface area contributed by atoms with Crippen molar-refractivity contribution in [2.24, 2.45) is 10.9 Å². The van der Waals surface area contributed by atoms with Crippen LogP contribution in [0.5, 0.6) is 0 Å². The van der Waals surface area contributed by atoms with Crippen LogP contribution in [0.15, 0.2) is 17.1 Å². The van der Waals surface area contributed by atoms with Gasteiger partial charge in [0.25, 0.3) is 0 Å². The molecule has 0 N–H and O–H groups in total. The fourth-order valence-electron chi connectivity index (χ4n) is 0.930. The SMILES string of the molecule is CC1=NC(C(C)C)C=C1. The van der Waals surface area contributed by atoms with Crippen LogP contribution in [0.2, 0.25) is 0 Å². The number of nitrogens with zero attached hydrogens (tertiary/aromatic N) is 1. The number of rotatable bonds is 1. The lowest BCUT2D eigenvalue weighted by Gasteiger charge is -2.06. The van der Waals surface area contributed by atoms with Gasteiger partial charge in [-0.1, -0.05) is 19.9 Å². The Kier molecular flexibility index (Phi) is 1.70. The Morgan fingerprint density at radius 2 is 2.22 bits per heavy atom. The van der Waals surface area contributed by atoms with E-state index in [0.717, 1.165) is 5.71 Å². The van der Waals surface area contributed by atoms with Crippen molar-refractivity contribution in [2.45, 2.75) is 26.8 Å². The van der Waals surface area contributed by atoms with Gasteiger partial charge >= 0.3 is 0 Å². The smallest absolute Gasteiger partial charge is 0.0709 e. The third-order valence-corrected chi connectivity index (χ3v) is 1.57. The minimum atomic E-state index is 0.449. The summed E-state index contributed by atoms with van der Waals surface area (Å²) in [6, 6.07) is 0.449. The summed E-state index contributed by atoms with van der Waals surface area (Å²) in [5.74, 6) is 0.652. The molecule has 0 fully saturated rings. The lowest BCUT2D eigenvalue weighted by molar-refractivity contribution is 0.579. The van der Waals surface area contributed by atoms with Gasteiger partial charge in [0.05, 0.1) is 6.04 Å². The van der Waals surface area contributed by atoms with Crippen molar-refractivity contribution in [1.29, 1.82) is 0 Å². The van der Waals surface area contributed by atoms with E-state index in [9.17, 15) is 0 Å². The van der Waals surface area contributed by atoms with Gasteiger partial charge in [-0.05, 0) is 18.9 Å². The Balaban J connectivity index is 2.59. The van der Waals surface area contributed by atoms with Crippen LogP contribution in [-0.2, 0) is 0 Å². The molecule has 0 saturated heterocycles. The zero-order chi connectivity index (χ0) is 6.85. The molecular weight excluding hydrogens is 110 g/mol. The average Bonchev–Trinajstić information content (AvgIpc) is 2.14. The molecule has 0 saturated carbocycles. The summed E-state index contributed by atoms with van der Waals surface area (Å²) in [6.45, 7) is 6.42. The molecule has 0 aromatic rings. The zero-order valence-electron chi connectivity index (χ0n) is 6.26. The van der Waals surface area contributed by atoms with Crippen LogP contribution in [0.1, 0.15) is 20.8 Å². The largest absolute Gasteiger partial charge is 0.282 e. The first-order chi connectivity index (χ1) is 4.20. The molecule has 0 aliphatic carbocycles. The molecule has 0 spiro atoms. The molecule has 9 heavy (non-hydrogen) atoms. The van der Waals surface area contributed by atoms with Crippen LogP contribution in [0, 0.1) is 5.92 Å². The van der Waals surface area contributed by atoms with E-state index in [1.165, 1.54) is 0 Å². The third-order valence-electron chi connectivity index (χ3n) is 1.57. The molecule has 1 heteroatoms. The first-order valence-electron chi connectivity index (χ1n) is 3.43. The normalized spacial score (nSPS) is 25.3. The Morgan fingerprint density at radius 3 is 2.44 bits per heavy atom. The van der Waals surface area contributed by atoms with Gasteiger partial charge in [-0.2, -0.15) is 0 Å². The first kappa shape index (κ1) is 6.53. The minimum Gasteiger partial charge on any atom is -0.282 e. The van der Waals surface area contributed by atoms with Crippen molar-refractivity contribution in [3.8, 4) is 0 Å². The first-order valence-corrected chi connectivity index (χ1v) is 3.43. The fraction of sp³-hybridized carbons (Fsp3) is 0.625. The van der Waals surface area contributed by atoms with Gasteiger partial charge in [-0.25, -0.2) is 0 Å². The highest BCUT2D eigenvalue weighted by atomic mass is 14.8. The number of hydrogen-bond acceptors (Lipinski definition) is 1. The molecule has 0 radical (unpaired) electrons. The Hall–Kier alpha value is -0.590. The summed E-state index contributed by atoms with van der Waals surface area (Å²) in [4.78, 5) is 4.39. The standard InChI is InChI=1S/C8H13N/c1-6(2)8-5-4-7(3)9-8/h4-6,8H,1-3H3. The quantitative estimate of drug-likeness (QED) is 0.506. The van der Waals surface area contributed by atoms with E-state index in [2.05, 4.69) is 31.0 Å². The molecule has 0 bridgehead atoms. The van der Waals surface area contributed by atoms with Crippen LogP contribution < -0.4 is 0 Å². The van der Waals surface area contributed by atoms with E-state index >= 15 is 0 Å². The van der Waals surface area contributed by atoms with E-state index in [1.807, 2.05) is 6.92 Å². The molecule has 50 valence electrons. The minimum absolute atomic E-state index is 0.449. The maximum Gasteiger partial charge on any atom is 0.0709 e. The Labute approximate surface area is 56.5 Å². The van der Waals surface area contributed by atoms with Gasteiger partial charge in [-0.3, -0.25) is 4.99 Å². The molecule has 1 atom stereocenters. The fourth-order valence-corrected chi connectivity index (χ4v) is 0.930. The molecular formula is C8H13N. The summed E-state index contributed by atoms with van der Waals surface area (Å²) in [5.41, 5.74) is 1.16. The van der Waals surface area contributed by atoms with Gasteiger partial charge in [0.2, 0.25) is 0 Å². The molecule has 1 rings (SSSR count). The van der Waals surface area contributed by atoms with E-state index < -0.39 is 0 Å². The van der Waals surface area contributed by atoms with Gasteiger partial charge in [0, 0.05) is 5.71 Å². The van der Waals surface area contributed by atoms with E-state index in [4.69, 9.17) is 0 Å². The van der Waals surface area contributed by atoms with Gasteiger partial charge in [-0.15, -0.1) is 0 Å². The van der Waals surface area contributed by atoms with Crippen molar-refractivity contribution < 1.29 is 0 Å². The van der Waals surface area contributed by atoms with Crippen LogP contribution in [0.25, 0.3) is 0 Å². The molecule has 1 unspecified atom stereocenters. The maximum atomic E-state index is 4.39. The number of allylic oxidation sites excluding steroid dienone is 1. The van der Waals surface area contributed by atoms with Crippen molar-refractivity contribution in [1.82, 2.24) is 0 Å². The van der Waals surface area contributed by atoms with E-state index in [0.29, 0.717) is 12.0 Å². The van der Waals surface area contributed by atoms with Crippen molar-refractivity contribution in [3.63, 3.8) is 0 Å². The van der Waals surface area contributed by atoms with Gasteiger partial charge < -0.3 is 0 Å². The molecule has 1 aliphatic rings. The molecule has 0 amide bonds.